The maximum Gasteiger partial charge on any atom is 0.117 e. The molecule has 0 amide bonds. The highest BCUT2D eigenvalue weighted by Gasteiger charge is 2.12. The van der Waals surface area contributed by atoms with Crippen molar-refractivity contribution in [2.24, 2.45) is 7.05 Å². The molecule has 1 unspecified atom stereocenters. The van der Waals surface area contributed by atoms with Crippen molar-refractivity contribution >= 4 is 0 Å². The summed E-state index contributed by atoms with van der Waals surface area (Å²) < 4.78 is 0. The van der Waals surface area contributed by atoms with E-state index in [4.69, 9.17) is 0 Å². The lowest BCUT2D eigenvalue weighted by molar-refractivity contribution is 0.524. The van der Waals surface area contributed by atoms with Crippen LogP contribution >= 0.6 is 0 Å². The Bertz CT molecular complexity index is 490. The van der Waals surface area contributed by atoms with Gasteiger partial charge in [-0.25, -0.2) is 0 Å². The van der Waals surface area contributed by atoms with Gasteiger partial charge < -0.3 is 5.32 Å². The Labute approximate surface area is 108 Å². The second-order valence-electron chi connectivity index (χ2n) is 4.54. The molecule has 0 saturated heterocycles. The van der Waals surface area contributed by atoms with Crippen molar-refractivity contribution in [1.29, 1.82) is 0 Å². The highest BCUT2D eigenvalue weighted by Crippen LogP contribution is 2.19. The Balaban J connectivity index is 2.21. The zero-order chi connectivity index (χ0) is 13.0. The molecule has 18 heavy (non-hydrogen) atoms. The second-order valence-corrected chi connectivity index (χ2v) is 4.54. The molecule has 2 rings (SSSR count). The molecule has 0 aliphatic heterocycles. The van der Waals surface area contributed by atoms with Gasteiger partial charge in [-0.2, -0.15) is 15.0 Å². The maximum absolute atomic E-state index is 4.45. The van der Waals surface area contributed by atoms with Crippen LogP contribution in [0.4, 0.5) is 0 Å². The van der Waals surface area contributed by atoms with Gasteiger partial charge in [-0.15, -0.1) is 0 Å². The summed E-state index contributed by atoms with van der Waals surface area (Å²) in [6.07, 6.45) is 1.11. The number of hydrogen-bond donors (Lipinski definition) is 1. The van der Waals surface area contributed by atoms with Gasteiger partial charge in [0.25, 0.3) is 0 Å². The van der Waals surface area contributed by atoms with Gasteiger partial charge in [0.2, 0.25) is 0 Å². The summed E-state index contributed by atoms with van der Waals surface area (Å²) in [5.74, 6) is 0. The van der Waals surface area contributed by atoms with E-state index in [1.165, 1.54) is 0 Å². The Morgan fingerprint density at radius 3 is 2.61 bits per heavy atom. The molecular formula is C14H20N4. The van der Waals surface area contributed by atoms with Crippen LogP contribution in [-0.2, 0) is 13.6 Å². The van der Waals surface area contributed by atoms with Crippen molar-refractivity contribution in [2.45, 2.75) is 32.9 Å². The molecule has 1 heterocycles. The minimum absolute atomic E-state index is 0.496. The molecule has 4 nitrogen and oxygen atoms in total. The van der Waals surface area contributed by atoms with Crippen molar-refractivity contribution in [3.05, 3.63) is 36.0 Å². The van der Waals surface area contributed by atoms with Gasteiger partial charge in [-0.05, 0) is 13.3 Å². The first-order valence-electron chi connectivity index (χ1n) is 6.39. The summed E-state index contributed by atoms with van der Waals surface area (Å²) >= 11 is 0. The lowest BCUT2D eigenvalue weighted by atomic mass is 10.1. The molecule has 96 valence electrons. The fraction of sp³-hybridized carbons (Fsp3) is 0.429. The van der Waals surface area contributed by atoms with Crippen LogP contribution in [0.1, 0.15) is 26.0 Å². The molecule has 4 heteroatoms. The average molecular weight is 244 g/mol. The molecule has 0 aliphatic carbocycles. The normalized spacial score (nSPS) is 12.6. The fourth-order valence-corrected chi connectivity index (χ4v) is 1.80. The lowest BCUT2D eigenvalue weighted by Gasteiger charge is -2.09. The zero-order valence-electron chi connectivity index (χ0n) is 11.2. The Morgan fingerprint density at radius 2 is 1.94 bits per heavy atom. The number of rotatable bonds is 5. The van der Waals surface area contributed by atoms with Crippen molar-refractivity contribution < 1.29 is 0 Å². The molecular weight excluding hydrogens is 224 g/mol. The zero-order valence-corrected chi connectivity index (χ0v) is 11.2. The van der Waals surface area contributed by atoms with Crippen molar-refractivity contribution in [3.8, 4) is 11.3 Å². The lowest BCUT2D eigenvalue weighted by Crippen LogP contribution is -2.25. The van der Waals surface area contributed by atoms with Crippen LogP contribution in [0.3, 0.4) is 0 Å². The van der Waals surface area contributed by atoms with Crippen molar-refractivity contribution in [3.63, 3.8) is 0 Å². The molecule has 0 aliphatic rings. The Hall–Kier alpha value is -1.68. The maximum atomic E-state index is 4.45. The molecule has 1 N–H and O–H groups in total. The summed E-state index contributed by atoms with van der Waals surface area (Å²) in [5, 5.41) is 12.3. The van der Waals surface area contributed by atoms with Gasteiger partial charge in [0.05, 0.1) is 0 Å². The third-order valence-corrected chi connectivity index (χ3v) is 3.06. The highest BCUT2D eigenvalue weighted by molar-refractivity contribution is 5.60. The van der Waals surface area contributed by atoms with E-state index >= 15 is 0 Å². The van der Waals surface area contributed by atoms with E-state index < -0.39 is 0 Å². The summed E-state index contributed by atoms with van der Waals surface area (Å²) in [7, 11) is 1.86. The predicted octanol–water partition coefficient (Wildman–Crippen LogP) is 2.37. The van der Waals surface area contributed by atoms with Crippen LogP contribution in [0, 0.1) is 0 Å². The van der Waals surface area contributed by atoms with Crippen LogP contribution < -0.4 is 5.32 Å². The van der Waals surface area contributed by atoms with Gasteiger partial charge in [0.1, 0.15) is 11.4 Å². The molecule has 0 spiro atoms. The molecule has 0 saturated carbocycles. The molecule has 1 aromatic carbocycles. The van der Waals surface area contributed by atoms with E-state index in [1.54, 1.807) is 4.80 Å². The minimum Gasteiger partial charge on any atom is -0.309 e. The third-order valence-electron chi connectivity index (χ3n) is 3.06. The van der Waals surface area contributed by atoms with E-state index in [2.05, 4.69) is 41.5 Å². The topological polar surface area (TPSA) is 42.7 Å². The van der Waals surface area contributed by atoms with Crippen LogP contribution in [0.25, 0.3) is 11.3 Å². The molecule has 0 fully saturated rings. The number of benzene rings is 1. The Morgan fingerprint density at radius 1 is 1.22 bits per heavy atom. The number of hydrogen-bond acceptors (Lipinski definition) is 3. The smallest absolute Gasteiger partial charge is 0.117 e. The van der Waals surface area contributed by atoms with Crippen molar-refractivity contribution in [2.75, 3.05) is 0 Å². The van der Waals surface area contributed by atoms with Gasteiger partial charge in [-0.1, -0.05) is 37.3 Å². The van der Waals surface area contributed by atoms with E-state index in [0.29, 0.717) is 6.04 Å². The molecule has 0 bridgehead atoms. The van der Waals surface area contributed by atoms with Crippen LogP contribution in [0.15, 0.2) is 30.3 Å². The monoisotopic (exact) mass is 244 g/mol. The van der Waals surface area contributed by atoms with Gasteiger partial charge >= 0.3 is 0 Å². The van der Waals surface area contributed by atoms with E-state index in [0.717, 1.165) is 29.9 Å². The SMILES string of the molecule is CCC(C)NCc1nn(C)nc1-c1ccccc1. The average Bonchev–Trinajstić information content (AvgIpc) is 2.78. The van der Waals surface area contributed by atoms with E-state index in [-0.39, 0.29) is 0 Å². The van der Waals surface area contributed by atoms with Gasteiger partial charge in [-0.3, -0.25) is 0 Å². The first-order valence-corrected chi connectivity index (χ1v) is 6.39. The number of aromatic nitrogens is 3. The standard InChI is InChI=1S/C14H20N4/c1-4-11(2)15-10-13-14(17-18(3)16-13)12-8-6-5-7-9-12/h5-9,11,15H,4,10H2,1-3H3. The summed E-state index contributed by atoms with van der Waals surface area (Å²) in [5.41, 5.74) is 3.09. The van der Waals surface area contributed by atoms with Gasteiger partial charge in [0.15, 0.2) is 0 Å². The van der Waals surface area contributed by atoms with Crippen LogP contribution in [0.2, 0.25) is 0 Å². The molecule has 1 aromatic heterocycles. The molecule has 2 aromatic rings. The number of aryl methyl sites for hydroxylation is 1. The van der Waals surface area contributed by atoms with Crippen LogP contribution in [0.5, 0.6) is 0 Å². The van der Waals surface area contributed by atoms with E-state index in [1.807, 2.05) is 25.2 Å². The van der Waals surface area contributed by atoms with Crippen molar-refractivity contribution in [1.82, 2.24) is 20.3 Å². The number of nitrogens with one attached hydrogen (secondary N) is 1. The first-order chi connectivity index (χ1) is 8.70. The molecule has 0 radical (unpaired) electrons. The number of nitrogens with zero attached hydrogens (tertiary/aromatic N) is 3. The van der Waals surface area contributed by atoms with E-state index in [9.17, 15) is 0 Å². The highest BCUT2D eigenvalue weighted by atomic mass is 15.5. The predicted molar refractivity (Wildman–Crippen MR) is 73.0 cm³/mol. The molecule has 1 atom stereocenters. The summed E-state index contributed by atoms with van der Waals surface area (Å²) in [6, 6.07) is 10.7. The quantitative estimate of drug-likeness (QED) is 0.878. The van der Waals surface area contributed by atoms with Crippen LogP contribution in [-0.4, -0.2) is 21.0 Å². The summed E-state index contributed by atoms with van der Waals surface area (Å²) in [4.78, 5) is 1.63. The Kier molecular flexibility index (Phi) is 4.10. The fourth-order valence-electron chi connectivity index (χ4n) is 1.80. The third kappa shape index (κ3) is 2.96. The summed E-state index contributed by atoms with van der Waals surface area (Å²) in [6.45, 7) is 5.11. The largest absolute Gasteiger partial charge is 0.309 e. The van der Waals surface area contributed by atoms with Gasteiger partial charge in [0, 0.05) is 25.2 Å². The minimum atomic E-state index is 0.496. The first kappa shape index (κ1) is 12.8. The second kappa shape index (κ2) is 5.78.